The second-order valence-electron chi connectivity index (χ2n) is 5.34. The van der Waals surface area contributed by atoms with Gasteiger partial charge in [0.15, 0.2) is 11.6 Å². The highest BCUT2D eigenvalue weighted by Crippen LogP contribution is 2.34. The van der Waals surface area contributed by atoms with Crippen molar-refractivity contribution in [3.8, 4) is 5.75 Å². The topological polar surface area (TPSA) is 50.3 Å². The smallest absolute Gasteiger partial charge is 0.204 e. The summed E-state index contributed by atoms with van der Waals surface area (Å²) >= 11 is 0. The fraction of sp³-hybridized carbons (Fsp3) is 0.733. The average molecular weight is 278 g/mol. The number of anilines is 2. The monoisotopic (exact) mass is 278 g/mol. The van der Waals surface area contributed by atoms with E-state index in [1.54, 1.807) is 13.4 Å². The Morgan fingerprint density at radius 1 is 1.30 bits per heavy atom. The highest BCUT2D eigenvalue weighted by atomic mass is 16.5. The molecule has 0 unspecified atom stereocenters. The zero-order chi connectivity index (χ0) is 14.4. The van der Waals surface area contributed by atoms with Gasteiger partial charge in [-0.15, -0.1) is 0 Å². The summed E-state index contributed by atoms with van der Waals surface area (Å²) in [5, 5.41) is 3.31. The molecule has 1 N–H and O–H groups in total. The number of aromatic nitrogens is 2. The molecule has 0 aliphatic carbocycles. The molecule has 0 bridgehead atoms. The number of rotatable bonds is 6. The van der Waals surface area contributed by atoms with Crippen molar-refractivity contribution in [1.29, 1.82) is 0 Å². The van der Waals surface area contributed by atoms with Gasteiger partial charge in [0.2, 0.25) is 5.75 Å². The lowest BCUT2D eigenvalue weighted by Gasteiger charge is -2.33. The molecule has 0 aromatic carbocycles. The van der Waals surface area contributed by atoms with Gasteiger partial charge >= 0.3 is 0 Å². The molecular weight excluding hydrogens is 252 g/mol. The molecule has 2 heterocycles. The summed E-state index contributed by atoms with van der Waals surface area (Å²) in [6.07, 6.45) is 6.44. The van der Waals surface area contributed by atoms with Crippen LogP contribution in [-0.2, 0) is 0 Å². The van der Waals surface area contributed by atoms with Crippen LogP contribution < -0.4 is 15.0 Å². The molecule has 0 radical (unpaired) electrons. The van der Waals surface area contributed by atoms with Crippen LogP contribution in [0.4, 0.5) is 11.6 Å². The fourth-order valence-corrected chi connectivity index (χ4v) is 2.70. The molecule has 1 aromatic rings. The minimum Gasteiger partial charge on any atom is -0.490 e. The molecule has 112 valence electrons. The maximum atomic E-state index is 5.55. The molecule has 20 heavy (non-hydrogen) atoms. The largest absolute Gasteiger partial charge is 0.490 e. The summed E-state index contributed by atoms with van der Waals surface area (Å²) in [4.78, 5) is 11.1. The molecular formula is C15H26N4O. The van der Waals surface area contributed by atoms with Gasteiger partial charge in [-0.1, -0.05) is 20.3 Å². The quantitative estimate of drug-likeness (QED) is 0.867. The van der Waals surface area contributed by atoms with Crippen molar-refractivity contribution in [2.45, 2.75) is 39.5 Å². The van der Waals surface area contributed by atoms with Gasteiger partial charge in [-0.3, -0.25) is 0 Å². The van der Waals surface area contributed by atoms with E-state index in [-0.39, 0.29) is 0 Å². The van der Waals surface area contributed by atoms with Gasteiger partial charge in [0.1, 0.15) is 6.33 Å². The summed E-state index contributed by atoms with van der Waals surface area (Å²) in [6.45, 7) is 7.42. The maximum absolute atomic E-state index is 5.55. The van der Waals surface area contributed by atoms with E-state index >= 15 is 0 Å². The van der Waals surface area contributed by atoms with E-state index in [9.17, 15) is 0 Å². The van der Waals surface area contributed by atoms with E-state index in [1.165, 1.54) is 19.3 Å². The highest BCUT2D eigenvalue weighted by Gasteiger charge is 2.23. The second-order valence-corrected chi connectivity index (χ2v) is 5.34. The summed E-state index contributed by atoms with van der Waals surface area (Å²) in [5.41, 5.74) is 0. The van der Waals surface area contributed by atoms with E-state index in [4.69, 9.17) is 4.74 Å². The number of ether oxygens (including phenoxy) is 1. The van der Waals surface area contributed by atoms with Crippen LogP contribution in [0.5, 0.6) is 5.75 Å². The van der Waals surface area contributed by atoms with Crippen molar-refractivity contribution in [2.75, 3.05) is 37.0 Å². The predicted molar refractivity (Wildman–Crippen MR) is 82.6 cm³/mol. The summed E-state index contributed by atoms with van der Waals surface area (Å²) in [5.74, 6) is 3.36. The molecule has 1 aliphatic heterocycles. The van der Waals surface area contributed by atoms with Crippen molar-refractivity contribution in [1.82, 2.24) is 9.97 Å². The van der Waals surface area contributed by atoms with E-state index in [2.05, 4.69) is 34.0 Å². The Kier molecular flexibility index (Phi) is 5.44. The van der Waals surface area contributed by atoms with Crippen LogP contribution in [0.25, 0.3) is 0 Å². The van der Waals surface area contributed by atoms with Gasteiger partial charge in [0.05, 0.1) is 7.11 Å². The van der Waals surface area contributed by atoms with Crippen LogP contribution in [0, 0.1) is 5.92 Å². The number of hydrogen-bond acceptors (Lipinski definition) is 5. The van der Waals surface area contributed by atoms with Crippen molar-refractivity contribution in [3.05, 3.63) is 6.33 Å². The lowest BCUT2D eigenvalue weighted by atomic mass is 9.94. The number of nitrogens with zero attached hydrogens (tertiary/aromatic N) is 3. The van der Waals surface area contributed by atoms with Crippen LogP contribution in [0.2, 0.25) is 0 Å². The minimum atomic E-state index is 0.774. The lowest BCUT2D eigenvalue weighted by molar-refractivity contribution is 0.382. The molecule has 2 rings (SSSR count). The minimum absolute atomic E-state index is 0.774. The van der Waals surface area contributed by atoms with Crippen LogP contribution in [0.15, 0.2) is 6.33 Å². The first-order chi connectivity index (χ1) is 9.80. The van der Waals surface area contributed by atoms with E-state index in [0.29, 0.717) is 0 Å². The Hall–Kier alpha value is -1.52. The van der Waals surface area contributed by atoms with Gasteiger partial charge in [0.25, 0.3) is 0 Å². The predicted octanol–water partition coefficient (Wildman–Crippen LogP) is 2.93. The lowest BCUT2D eigenvalue weighted by Crippen LogP contribution is -2.34. The summed E-state index contributed by atoms with van der Waals surface area (Å²) in [7, 11) is 1.69. The standard InChI is InChI=1S/C15H26N4O/c1-4-8-16-14-13(20-3)15(18-11-17-14)19-9-6-12(5-2)7-10-19/h11-12H,4-10H2,1-3H3,(H,16,17,18). The Labute approximate surface area is 121 Å². The molecule has 0 saturated carbocycles. The Balaban J connectivity index is 2.14. The summed E-state index contributed by atoms with van der Waals surface area (Å²) in [6, 6.07) is 0. The number of piperidine rings is 1. The van der Waals surface area contributed by atoms with Gasteiger partial charge < -0.3 is 15.0 Å². The highest BCUT2D eigenvalue weighted by molar-refractivity contribution is 5.64. The fourth-order valence-electron chi connectivity index (χ4n) is 2.70. The first-order valence-electron chi connectivity index (χ1n) is 7.67. The molecule has 5 heteroatoms. The third-order valence-corrected chi connectivity index (χ3v) is 4.02. The van der Waals surface area contributed by atoms with Gasteiger partial charge in [-0.25, -0.2) is 9.97 Å². The molecule has 0 atom stereocenters. The normalized spacial score (nSPS) is 16.2. The first-order valence-corrected chi connectivity index (χ1v) is 7.67. The molecule has 1 saturated heterocycles. The third-order valence-electron chi connectivity index (χ3n) is 4.02. The van der Waals surface area contributed by atoms with E-state index in [1.807, 2.05) is 0 Å². The third kappa shape index (κ3) is 3.32. The SMILES string of the molecule is CCCNc1ncnc(N2CCC(CC)CC2)c1OC. The number of hydrogen-bond donors (Lipinski definition) is 1. The number of nitrogens with one attached hydrogen (secondary N) is 1. The van der Waals surface area contributed by atoms with Gasteiger partial charge in [0, 0.05) is 19.6 Å². The van der Waals surface area contributed by atoms with Crippen molar-refractivity contribution in [3.63, 3.8) is 0 Å². The van der Waals surface area contributed by atoms with Crippen LogP contribution >= 0.6 is 0 Å². The number of methoxy groups -OCH3 is 1. The molecule has 1 aliphatic rings. The Morgan fingerprint density at radius 2 is 2.05 bits per heavy atom. The van der Waals surface area contributed by atoms with Crippen LogP contribution in [-0.4, -0.2) is 36.7 Å². The Morgan fingerprint density at radius 3 is 2.65 bits per heavy atom. The van der Waals surface area contributed by atoms with E-state index < -0.39 is 0 Å². The molecule has 0 amide bonds. The van der Waals surface area contributed by atoms with Crippen molar-refractivity contribution in [2.24, 2.45) is 5.92 Å². The second kappa shape index (κ2) is 7.31. The molecule has 1 fully saturated rings. The summed E-state index contributed by atoms with van der Waals surface area (Å²) < 4.78 is 5.55. The Bertz CT molecular complexity index is 416. The van der Waals surface area contributed by atoms with Crippen molar-refractivity contribution >= 4 is 11.6 Å². The molecule has 0 spiro atoms. The molecule has 1 aromatic heterocycles. The maximum Gasteiger partial charge on any atom is 0.204 e. The average Bonchev–Trinajstić information content (AvgIpc) is 2.52. The van der Waals surface area contributed by atoms with Gasteiger partial charge in [-0.2, -0.15) is 0 Å². The van der Waals surface area contributed by atoms with Gasteiger partial charge in [-0.05, 0) is 25.2 Å². The van der Waals surface area contributed by atoms with Crippen LogP contribution in [0.3, 0.4) is 0 Å². The van der Waals surface area contributed by atoms with E-state index in [0.717, 1.165) is 49.4 Å². The molecule has 5 nitrogen and oxygen atoms in total. The zero-order valence-corrected chi connectivity index (χ0v) is 12.9. The van der Waals surface area contributed by atoms with Crippen molar-refractivity contribution < 1.29 is 4.74 Å². The first kappa shape index (κ1) is 14.9. The zero-order valence-electron chi connectivity index (χ0n) is 12.9. The van der Waals surface area contributed by atoms with Crippen LogP contribution in [0.1, 0.15) is 39.5 Å².